The van der Waals surface area contributed by atoms with E-state index in [0.29, 0.717) is 5.76 Å². The Morgan fingerprint density at radius 1 is 1.50 bits per heavy atom. The SMILES string of the molecule is O=C(Cc1ccco1)Nc1ccncc1F. The van der Waals surface area contributed by atoms with Crippen LogP contribution in [-0.4, -0.2) is 10.9 Å². The Morgan fingerprint density at radius 2 is 2.38 bits per heavy atom. The number of hydrogen-bond acceptors (Lipinski definition) is 3. The van der Waals surface area contributed by atoms with E-state index < -0.39 is 5.82 Å². The molecule has 0 aliphatic carbocycles. The number of carbonyl (C=O) groups excluding carboxylic acids is 1. The Hall–Kier alpha value is -2.17. The lowest BCUT2D eigenvalue weighted by molar-refractivity contribution is -0.115. The Morgan fingerprint density at radius 3 is 3.06 bits per heavy atom. The molecule has 16 heavy (non-hydrogen) atoms. The minimum atomic E-state index is -0.560. The number of aromatic nitrogens is 1. The van der Waals surface area contributed by atoms with Crippen molar-refractivity contribution in [3.05, 3.63) is 48.4 Å². The molecule has 2 heterocycles. The van der Waals surface area contributed by atoms with Crippen LogP contribution >= 0.6 is 0 Å². The third-order valence-corrected chi connectivity index (χ3v) is 1.96. The molecule has 0 bridgehead atoms. The quantitative estimate of drug-likeness (QED) is 0.860. The number of nitrogens with zero attached hydrogens (tertiary/aromatic N) is 1. The highest BCUT2D eigenvalue weighted by molar-refractivity contribution is 5.91. The van der Waals surface area contributed by atoms with Gasteiger partial charge in [0.1, 0.15) is 5.76 Å². The maximum atomic E-state index is 13.1. The molecule has 0 aliphatic heterocycles. The summed E-state index contributed by atoms with van der Waals surface area (Å²) in [5.74, 6) is -0.359. The zero-order valence-electron chi connectivity index (χ0n) is 8.31. The van der Waals surface area contributed by atoms with Crippen molar-refractivity contribution in [2.75, 3.05) is 5.32 Å². The van der Waals surface area contributed by atoms with E-state index in [9.17, 15) is 9.18 Å². The maximum absolute atomic E-state index is 13.1. The summed E-state index contributed by atoms with van der Waals surface area (Å²) in [5.41, 5.74) is 0.117. The molecule has 2 rings (SSSR count). The van der Waals surface area contributed by atoms with Crippen molar-refractivity contribution in [3.63, 3.8) is 0 Å². The Balaban J connectivity index is 2.00. The van der Waals surface area contributed by atoms with Gasteiger partial charge in [-0.1, -0.05) is 0 Å². The second-order valence-electron chi connectivity index (χ2n) is 3.16. The smallest absolute Gasteiger partial charge is 0.232 e. The zero-order chi connectivity index (χ0) is 11.4. The van der Waals surface area contributed by atoms with Crippen LogP contribution in [0.1, 0.15) is 5.76 Å². The number of carbonyl (C=O) groups is 1. The van der Waals surface area contributed by atoms with Gasteiger partial charge in [-0.3, -0.25) is 9.78 Å². The Labute approximate surface area is 91.1 Å². The number of halogens is 1. The van der Waals surface area contributed by atoms with Gasteiger partial charge in [-0.15, -0.1) is 0 Å². The molecule has 0 fully saturated rings. The molecule has 0 unspecified atom stereocenters. The standard InChI is InChI=1S/C11H9FN2O2/c12-9-7-13-4-3-10(9)14-11(15)6-8-2-1-5-16-8/h1-5,7H,6H2,(H,13,14,15). The van der Waals surface area contributed by atoms with Crippen molar-refractivity contribution in [2.24, 2.45) is 0 Å². The van der Waals surface area contributed by atoms with Gasteiger partial charge >= 0.3 is 0 Å². The van der Waals surface area contributed by atoms with Gasteiger partial charge in [-0.05, 0) is 18.2 Å². The number of furan rings is 1. The summed E-state index contributed by atoms with van der Waals surface area (Å²) < 4.78 is 18.1. The van der Waals surface area contributed by atoms with Gasteiger partial charge in [-0.25, -0.2) is 4.39 Å². The molecule has 1 amide bonds. The van der Waals surface area contributed by atoms with Crippen LogP contribution in [0.15, 0.2) is 41.3 Å². The summed E-state index contributed by atoms with van der Waals surface area (Å²) in [6.45, 7) is 0. The number of rotatable bonds is 3. The number of anilines is 1. The summed E-state index contributed by atoms with van der Waals surface area (Å²) in [7, 11) is 0. The summed E-state index contributed by atoms with van der Waals surface area (Å²) in [6.07, 6.45) is 4.01. The third kappa shape index (κ3) is 2.44. The van der Waals surface area contributed by atoms with E-state index >= 15 is 0 Å². The summed E-state index contributed by atoms with van der Waals surface area (Å²) in [5, 5.41) is 2.43. The normalized spacial score (nSPS) is 10.1. The fraction of sp³-hybridized carbons (Fsp3) is 0.0909. The topological polar surface area (TPSA) is 55.1 Å². The van der Waals surface area contributed by atoms with Crippen molar-refractivity contribution < 1.29 is 13.6 Å². The highest BCUT2D eigenvalue weighted by atomic mass is 19.1. The van der Waals surface area contributed by atoms with E-state index in [4.69, 9.17) is 4.42 Å². The van der Waals surface area contributed by atoms with Crippen molar-refractivity contribution in [1.82, 2.24) is 4.98 Å². The molecule has 5 heteroatoms. The summed E-state index contributed by atoms with van der Waals surface area (Å²) in [4.78, 5) is 15.1. The van der Waals surface area contributed by atoms with Crippen LogP contribution in [-0.2, 0) is 11.2 Å². The molecule has 0 aromatic carbocycles. The average molecular weight is 220 g/mol. The van der Waals surface area contributed by atoms with Crippen molar-refractivity contribution in [2.45, 2.75) is 6.42 Å². The van der Waals surface area contributed by atoms with Gasteiger partial charge in [0.25, 0.3) is 0 Å². The maximum Gasteiger partial charge on any atom is 0.232 e. The van der Waals surface area contributed by atoms with Gasteiger partial charge in [0.15, 0.2) is 5.82 Å². The molecular formula is C11H9FN2O2. The molecule has 2 aromatic heterocycles. The van der Waals surface area contributed by atoms with Gasteiger partial charge in [-0.2, -0.15) is 0 Å². The molecular weight excluding hydrogens is 211 g/mol. The molecule has 0 saturated carbocycles. The monoisotopic (exact) mass is 220 g/mol. The van der Waals surface area contributed by atoms with Crippen molar-refractivity contribution >= 4 is 11.6 Å². The number of nitrogens with one attached hydrogen (secondary N) is 1. The first kappa shape index (κ1) is 10.4. The van der Waals surface area contributed by atoms with Gasteiger partial charge < -0.3 is 9.73 Å². The van der Waals surface area contributed by atoms with E-state index in [0.717, 1.165) is 6.20 Å². The number of amides is 1. The molecule has 0 saturated heterocycles. The van der Waals surface area contributed by atoms with E-state index in [2.05, 4.69) is 10.3 Å². The average Bonchev–Trinajstić information content (AvgIpc) is 2.74. The Kier molecular flexibility index (Phi) is 2.95. The third-order valence-electron chi connectivity index (χ3n) is 1.96. The van der Waals surface area contributed by atoms with Crippen LogP contribution in [0.25, 0.3) is 0 Å². The molecule has 0 spiro atoms. The minimum Gasteiger partial charge on any atom is -0.469 e. The number of hydrogen-bond donors (Lipinski definition) is 1. The molecule has 0 atom stereocenters. The molecule has 82 valence electrons. The predicted molar refractivity (Wildman–Crippen MR) is 55.2 cm³/mol. The predicted octanol–water partition coefficient (Wildman–Crippen LogP) is 1.99. The molecule has 0 radical (unpaired) electrons. The molecule has 4 nitrogen and oxygen atoms in total. The Bertz CT molecular complexity index is 482. The highest BCUT2D eigenvalue weighted by Gasteiger charge is 2.08. The van der Waals surface area contributed by atoms with Crippen molar-refractivity contribution in [1.29, 1.82) is 0 Å². The first-order valence-electron chi connectivity index (χ1n) is 4.67. The van der Waals surface area contributed by atoms with Crippen LogP contribution in [0.3, 0.4) is 0 Å². The summed E-state index contributed by atoms with van der Waals surface area (Å²) in [6, 6.07) is 4.77. The lowest BCUT2D eigenvalue weighted by atomic mass is 10.3. The fourth-order valence-corrected chi connectivity index (χ4v) is 1.24. The van der Waals surface area contributed by atoms with Crippen molar-refractivity contribution in [3.8, 4) is 0 Å². The molecule has 0 aliphatic rings. The van der Waals surface area contributed by atoms with E-state index in [-0.39, 0.29) is 18.0 Å². The van der Waals surface area contributed by atoms with Crippen LogP contribution in [0.2, 0.25) is 0 Å². The fourth-order valence-electron chi connectivity index (χ4n) is 1.24. The van der Waals surface area contributed by atoms with Crippen LogP contribution in [0, 0.1) is 5.82 Å². The second-order valence-corrected chi connectivity index (χ2v) is 3.16. The number of pyridine rings is 1. The molecule has 1 N–H and O–H groups in total. The van der Waals surface area contributed by atoms with Crippen LogP contribution in [0.4, 0.5) is 10.1 Å². The second kappa shape index (κ2) is 4.57. The van der Waals surface area contributed by atoms with E-state index in [1.807, 2.05) is 0 Å². The van der Waals surface area contributed by atoms with E-state index in [1.54, 1.807) is 12.1 Å². The first-order chi connectivity index (χ1) is 7.75. The van der Waals surface area contributed by atoms with E-state index in [1.165, 1.54) is 18.5 Å². The molecule has 2 aromatic rings. The lowest BCUT2D eigenvalue weighted by Crippen LogP contribution is -2.15. The minimum absolute atomic E-state index is 0.0781. The van der Waals surface area contributed by atoms with Crippen LogP contribution < -0.4 is 5.32 Å². The van der Waals surface area contributed by atoms with Gasteiger partial charge in [0, 0.05) is 6.20 Å². The zero-order valence-corrected chi connectivity index (χ0v) is 8.31. The summed E-state index contributed by atoms with van der Waals surface area (Å²) >= 11 is 0. The largest absolute Gasteiger partial charge is 0.469 e. The van der Waals surface area contributed by atoms with Gasteiger partial charge in [0.2, 0.25) is 5.91 Å². The highest BCUT2D eigenvalue weighted by Crippen LogP contribution is 2.11. The van der Waals surface area contributed by atoms with Crippen LogP contribution in [0.5, 0.6) is 0 Å². The lowest BCUT2D eigenvalue weighted by Gasteiger charge is -2.04. The first-order valence-corrected chi connectivity index (χ1v) is 4.67. The van der Waals surface area contributed by atoms with Gasteiger partial charge in [0.05, 0.1) is 24.6 Å².